The van der Waals surface area contributed by atoms with Crippen LogP contribution in [0.5, 0.6) is 0 Å². The van der Waals surface area contributed by atoms with E-state index >= 15 is 0 Å². The van der Waals surface area contributed by atoms with Crippen LogP contribution in [-0.2, 0) is 0 Å². The number of benzene rings is 1. The first kappa shape index (κ1) is 11.6. The van der Waals surface area contributed by atoms with Crippen molar-refractivity contribution < 1.29 is 4.52 Å². The number of aromatic amines is 1. The zero-order chi connectivity index (χ0) is 14.1. The van der Waals surface area contributed by atoms with Crippen LogP contribution in [0.3, 0.4) is 0 Å². The van der Waals surface area contributed by atoms with Crippen LogP contribution in [0.4, 0.5) is 11.8 Å². The molecule has 0 saturated carbocycles. The Morgan fingerprint density at radius 3 is 2.76 bits per heavy atom. The van der Waals surface area contributed by atoms with Crippen molar-refractivity contribution in [3.63, 3.8) is 0 Å². The minimum atomic E-state index is 0.351. The second-order valence-electron chi connectivity index (χ2n) is 4.38. The van der Waals surface area contributed by atoms with Gasteiger partial charge in [0.1, 0.15) is 5.52 Å². The molecule has 3 heterocycles. The Balaban J connectivity index is 1.86. The summed E-state index contributed by atoms with van der Waals surface area (Å²) in [5.41, 5.74) is 2.55. The third-order valence-electron chi connectivity index (χ3n) is 3.03. The van der Waals surface area contributed by atoms with E-state index in [1.807, 2.05) is 42.6 Å². The van der Waals surface area contributed by atoms with Gasteiger partial charge in [-0.05, 0) is 11.2 Å². The van der Waals surface area contributed by atoms with Crippen molar-refractivity contribution in [2.24, 2.45) is 0 Å². The molecule has 0 bridgehead atoms. The van der Waals surface area contributed by atoms with Crippen molar-refractivity contribution in [3.8, 4) is 11.4 Å². The van der Waals surface area contributed by atoms with Gasteiger partial charge in [0.2, 0.25) is 6.39 Å². The Labute approximate surface area is 119 Å². The first-order chi connectivity index (χ1) is 10.4. The lowest BCUT2D eigenvalue weighted by atomic mass is 10.2. The molecule has 0 atom stereocenters. The van der Waals surface area contributed by atoms with Gasteiger partial charge in [0.05, 0.1) is 5.52 Å². The Hall–Kier alpha value is -3.22. The number of nitrogens with one attached hydrogen (secondary N) is 2. The molecule has 1 aromatic carbocycles. The van der Waals surface area contributed by atoms with Crippen molar-refractivity contribution in [3.05, 3.63) is 49.0 Å². The van der Waals surface area contributed by atoms with E-state index in [9.17, 15) is 0 Å². The van der Waals surface area contributed by atoms with Crippen molar-refractivity contribution in [2.75, 3.05) is 5.32 Å². The van der Waals surface area contributed by atoms with Gasteiger partial charge in [-0.15, -0.1) is 0 Å². The molecule has 0 aliphatic heterocycles. The normalized spacial score (nSPS) is 10.9. The van der Waals surface area contributed by atoms with Crippen molar-refractivity contribution in [1.29, 1.82) is 0 Å². The highest BCUT2D eigenvalue weighted by atomic mass is 16.5. The van der Waals surface area contributed by atoms with Gasteiger partial charge in [0.15, 0.2) is 11.6 Å². The minimum Gasteiger partial charge on any atom is -0.357 e. The standard InChI is InChI=1S/C14H10N6O/c1-2-4-9(5-3-1)12-17-10-6-7-15-11(10)13(18-12)19-14-16-8-21-20-14/h1-8,15H,(H,17,18,19,20). The average molecular weight is 278 g/mol. The first-order valence-corrected chi connectivity index (χ1v) is 6.34. The van der Waals surface area contributed by atoms with E-state index in [-0.39, 0.29) is 0 Å². The highest BCUT2D eigenvalue weighted by Gasteiger charge is 2.11. The van der Waals surface area contributed by atoms with E-state index in [0.717, 1.165) is 16.6 Å². The maximum Gasteiger partial charge on any atom is 0.268 e. The lowest BCUT2D eigenvalue weighted by molar-refractivity contribution is 0.419. The van der Waals surface area contributed by atoms with Gasteiger partial charge >= 0.3 is 0 Å². The Morgan fingerprint density at radius 2 is 1.95 bits per heavy atom. The number of fused-ring (bicyclic) bond motifs is 1. The van der Waals surface area contributed by atoms with Gasteiger partial charge in [-0.3, -0.25) is 0 Å². The van der Waals surface area contributed by atoms with Crippen LogP contribution in [0, 0.1) is 0 Å². The van der Waals surface area contributed by atoms with Crippen LogP contribution in [0.15, 0.2) is 53.5 Å². The topological polar surface area (TPSA) is 92.5 Å². The fraction of sp³-hybridized carbons (Fsp3) is 0. The van der Waals surface area contributed by atoms with Crippen molar-refractivity contribution in [1.82, 2.24) is 25.1 Å². The van der Waals surface area contributed by atoms with Crippen LogP contribution in [0.2, 0.25) is 0 Å². The summed E-state index contributed by atoms with van der Waals surface area (Å²) in [7, 11) is 0. The molecule has 102 valence electrons. The zero-order valence-electron chi connectivity index (χ0n) is 10.8. The third-order valence-corrected chi connectivity index (χ3v) is 3.03. The summed E-state index contributed by atoms with van der Waals surface area (Å²) in [4.78, 5) is 16.1. The smallest absolute Gasteiger partial charge is 0.268 e. The summed E-state index contributed by atoms with van der Waals surface area (Å²) in [6.45, 7) is 0. The van der Waals surface area contributed by atoms with E-state index in [1.54, 1.807) is 0 Å². The molecule has 0 fully saturated rings. The largest absolute Gasteiger partial charge is 0.357 e. The quantitative estimate of drug-likeness (QED) is 0.598. The van der Waals surface area contributed by atoms with Crippen LogP contribution < -0.4 is 5.32 Å². The molecule has 0 aliphatic carbocycles. The number of aromatic nitrogens is 5. The summed E-state index contributed by atoms with van der Waals surface area (Å²) in [6.07, 6.45) is 3.07. The molecular formula is C14H10N6O. The fourth-order valence-corrected chi connectivity index (χ4v) is 2.08. The molecule has 7 nitrogen and oxygen atoms in total. The Kier molecular flexibility index (Phi) is 2.60. The summed E-state index contributed by atoms with van der Waals surface area (Å²) in [5, 5.41) is 6.76. The molecule has 0 unspecified atom stereocenters. The van der Waals surface area contributed by atoms with Gasteiger partial charge in [-0.1, -0.05) is 30.3 Å². The van der Waals surface area contributed by atoms with E-state index < -0.39 is 0 Å². The van der Waals surface area contributed by atoms with Crippen molar-refractivity contribution >= 4 is 22.8 Å². The molecule has 7 heteroatoms. The van der Waals surface area contributed by atoms with E-state index in [4.69, 9.17) is 4.52 Å². The molecule has 21 heavy (non-hydrogen) atoms. The number of H-pyrrole nitrogens is 1. The molecule has 0 spiro atoms. The molecule has 2 N–H and O–H groups in total. The molecule has 4 rings (SSSR count). The average Bonchev–Trinajstić information content (AvgIpc) is 3.19. The fourth-order valence-electron chi connectivity index (χ4n) is 2.08. The van der Waals surface area contributed by atoms with Crippen LogP contribution in [0.1, 0.15) is 0 Å². The van der Waals surface area contributed by atoms with Crippen molar-refractivity contribution in [2.45, 2.75) is 0 Å². The predicted molar refractivity (Wildman–Crippen MR) is 76.9 cm³/mol. The van der Waals surface area contributed by atoms with E-state index in [0.29, 0.717) is 17.6 Å². The molecular weight excluding hydrogens is 268 g/mol. The summed E-state index contributed by atoms with van der Waals surface area (Å²) in [6, 6.07) is 11.7. The number of nitrogens with zero attached hydrogens (tertiary/aromatic N) is 4. The highest BCUT2D eigenvalue weighted by molar-refractivity contribution is 5.88. The second-order valence-corrected chi connectivity index (χ2v) is 4.38. The monoisotopic (exact) mass is 278 g/mol. The first-order valence-electron chi connectivity index (χ1n) is 6.34. The van der Waals surface area contributed by atoms with Crippen LogP contribution in [-0.4, -0.2) is 25.1 Å². The molecule has 0 amide bonds. The van der Waals surface area contributed by atoms with Gasteiger partial charge in [0.25, 0.3) is 5.95 Å². The lowest BCUT2D eigenvalue weighted by Gasteiger charge is -2.06. The summed E-state index contributed by atoms with van der Waals surface area (Å²) >= 11 is 0. The number of rotatable bonds is 3. The van der Waals surface area contributed by atoms with Crippen LogP contribution in [0.25, 0.3) is 22.4 Å². The van der Waals surface area contributed by atoms with Gasteiger partial charge in [-0.2, -0.15) is 4.98 Å². The van der Waals surface area contributed by atoms with E-state index in [1.165, 1.54) is 6.39 Å². The second kappa shape index (κ2) is 4.71. The SMILES string of the molecule is c1ccc(-c2nc(Nc3ncon3)c3[nH]ccc3n2)cc1. The Bertz CT molecular complexity index is 869. The number of hydrogen-bond donors (Lipinski definition) is 2. The van der Waals surface area contributed by atoms with E-state index in [2.05, 4.69) is 30.4 Å². The van der Waals surface area contributed by atoms with Gasteiger partial charge in [0, 0.05) is 11.8 Å². The van der Waals surface area contributed by atoms with Gasteiger partial charge in [-0.25, -0.2) is 9.97 Å². The van der Waals surface area contributed by atoms with Crippen LogP contribution >= 0.6 is 0 Å². The maximum atomic E-state index is 4.72. The highest BCUT2D eigenvalue weighted by Crippen LogP contribution is 2.25. The number of hydrogen-bond acceptors (Lipinski definition) is 6. The lowest BCUT2D eigenvalue weighted by Crippen LogP contribution is -2.00. The molecule has 3 aromatic heterocycles. The maximum absolute atomic E-state index is 4.72. The molecule has 4 aromatic rings. The predicted octanol–water partition coefficient (Wildman–Crippen LogP) is 2.75. The molecule has 0 radical (unpaired) electrons. The third kappa shape index (κ3) is 2.10. The zero-order valence-corrected chi connectivity index (χ0v) is 10.8. The molecule has 0 aliphatic rings. The molecule has 0 saturated heterocycles. The van der Waals surface area contributed by atoms with Gasteiger partial charge < -0.3 is 14.8 Å². The summed E-state index contributed by atoms with van der Waals surface area (Å²) in [5.74, 6) is 1.59. The minimum absolute atomic E-state index is 0.351. The Morgan fingerprint density at radius 1 is 1.05 bits per heavy atom. The number of anilines is 2. The summed E-state index contributed by atoms with van der Waals surface area (Å²) < 4.78 is 4.72.